The molecule has 0 aliphatic carbocycles. The van der Waals surface area contributed by atoms with Gasteiger partial charge in [-0.25, -0.2) is 0 Å². The van der Waals surface area contributed by atoms with Crippen molar-refractivity contribution in [2.24, 2.45) is 5.73 Å². The van der Waals surface area contributed by atoms with Gasteiger partial charge in [0.15, 0.2) is 0 Å². The lowest BCUT2D eigenvalue weighted by molar-refractivity contribution is 1.07. The molecule has 28 heavy (non-hydrogen) atoms. The topological polar surface area (TPSA) is 66.7 Å². The number of aromatic nitrogens is 2. The maximum absolute atomic E-state index is 5.71. The summed E-state index contributed by atoms with van der Waals surface area (Å²) >= 11 is 1.76. The zero-order valence-electron chi connectivity index (χ0n) is 15.5. The molecule has 0 fully saturated rings. The number of thiophene rings is 1. The number of nitrogens with two attached hydrogens (primary N) is 1. The van der Waals surface area contributed by atoms with Crippen LogP contribution >= 0.6 is 11.3 Å². The standard InChI is InChI=1S/C23H20N4S/c1-14-10-17-11-18(6-7-19(17)26-14)27-20-8-9-25-21-12-22(28-23(20)21)16-4-2-15(13-24)3-5-16/h2-12,26H,13,24H2,1H3,(H,25,27). The Bertz CT molecular complexity index is 1280. The Labute approximate surface area is 167 Å². The minimum atomic E-state index is 0.563. The van der Waals surface area contributed by atoms with Gasteiger partial charge < -0.3 is 16.0 Å². The molecular formula is C23H20N4S. The van der Waals surface area contributed by atoms with Crippen LogP contribution in [0.1, 0.15) is 11.3 Å². The first-order chi connectivity index (χ1) is 13.7. The molecule has 0 saturated carbocycles. The Morgan fingerprint density at radius 3 is 2.71 bits per heavy atom. The summed E-state index contributed by atoms with van der Waals surface area (Å²) in [6.45, 7) is 2.64. The minimum absolute atomic E-state index is 0.563. The van der Waals surface area contributed by atoms with E-state index in [2.05, 4.69) is 76.8 Å². The average Bonchev–Trinajstić information content (AvgIpc) is 3.31. The van der Waals surface area contributed by atoms with E-state index in [1.54, 1.807) is 11.3 Å². The third kappa shape index (κ3) is 3.05. The molecule has 0 aliphatic heterocycles. The molecule has 2 aromatic carbocycles. The molecule has 0 atom stereocenters. The highest BCUT2D eigenvalue weighted by Crippen LogP contribution is 2.37. The number of nitrogens with one attached hydrogen (secondary N) is 2. The molecule has 5 heteroatoms. The molecule has 0 aliphatic rings. The van der Waals surface area contributed by atoms with E-state index in [0.29, 0.717) is 6.54 Å². The Morgan fingerprint density at radius 1 is 1.04 bits per heavy atom. The lowest BCUT2D eigenvalue weighted by Gasteiger charge is -2.07. The third-order valence-corrected chi connectivity index (χ3v) is 6.13. The first-order valence-electron chi connectivity index (χ1n) is 9.24. The monoisotopic (exact) mass is 384 g/mol. The van der Waals surface area contributed by atoms with Crippen LogP contribution in [0.15, 0.2) is 66.9 Å². The molecule has 3 heterocycles. The van der Waals surface area contributed by atoms with Gasteiger partial charge in [-0.05, 0) is 54.4 Å². The summed E-state index contributed by atoms with van der Waals surface area (Å²) in [4.78, 5) is 9.13. The number of benzene rings is 2. The molecule has 5 aromatic rings. The van der Waals surface area contributed by atoms with E-state index in [0.717, 1.165) is 32.7 Å². The number of fused-ring (bicyclic) bond motifs is 2. The van der Waals surface area contributed by atoms with Crippen LogP contribution < -0.4 is 11.1 Å². The third-order valence-electron chi connectivity index (χ3n) is 4.92. The Kier molecular flexibility index (Phi) is 4.11. The number of pyridine rings is 1. The molecule has 138 valence electrons. The van der Waals surface area contributed by atoms with E-state index in [4.69, 9.17) is 5.73 Å². The summed E-state index contributed by atoms with van der Waals surface area (Å²) in [7, 11) is 0. The summed E-state index contributed by atoms with van der Waals surface area (Å²) in [5.74, 6) is 0. The molecule has 4 N–H and O–H groups in total. The van der Waals surface area contributed by atoms with Crippen LogP contribution in [0.3, 0.4) is 0 Å². The second-order valence-corrected chi connectivity index (χ2v) is 8.02. The molecular weight excluding hydrogens is 364 g/mol. The van der Waals surface area contributed by atoms with Gasteiger partial charge in [0, 0.05) is 39.9 Å². The van der Waals surface area contributed by atoms with Crippen LogP contribution in [0.5, 0.6) is 0 Å². The second-order valence-electron chi connectivity index (χ2n) is 6.96. The summed E-state index contributed by atoms with van der Waals surface area (Å²) in [5, 5.41) is 4.78. The largest absolute Gasteiger partial charge is 0.359 e. The normalized spacial score (nSPS) is 11.4. The summed E-state index contributed by atoms with van der Waals surface area (Å²) in [5.41, 5.74) is 13.5. The number of rotatable bonds is 4. The smallest absolute Gasteiger partial charge is 0.0837 e. The fourth-order valence-corrected chi connectivity index (χ4v) is 4.58. The number of hydrogen-bond donors (Lipinski definition) is 3. The average molecular weight is 385 g/mol. The van der Waals surface area contributed by atoms with E-state index in [1.807, 2.05) is 12.3 Å². The Balaban J connectivity index is 1.52. The fourth-order valence-electron chi connectivity index (χ4n) is 3.49. The predicted molar refractivity (Wildman–Crippen MR) is 119 cm³/mol. The quantitative estimate of drug-likeness (QED) is 0.358. The number of H-pyrrole nitrogens is 1. The molecule has 5 rings (SSSR count). The molecule has 0 bridgehead atoms. The van der Waals surface area contributed by atoms with Gasteiger partial charge in [-0.2, -0.15) is 0 Å². The SMILES string of the molecule is Cc1cc2cc(Nc3ccnc4cc(-c5ccc(CN)cc5)sc34)ccc2[nH]1. The fraction of sp³-hybridized carbons (Fsp3) is 0.0870. The summed E-state index contributed by atoms with van der Waals surface area (Å²) < 4.78 is 1.16. The van der Waals surface area contributed by atoms with Crippen LogP contribution in [-0.2, 0) is 6.54 Å². The summed E-state index contributed by atoms with van der Waals surface area (Å²) in [6, 6.07) is 21.2. The maximum atomic E-state index is 5.71. The first kappa shape index (κ1) is 17.0. The van der Waals surface area contributed by atoms with Gasteiger partial charge in [0.05, 0.1) is 15.9 Å². The van der Waals surface area contributed by atoms with Crippen LogP contribution in [0.2, 0.25) is 0 Å². The molecule has 4 nitrogen and oxygen atoms in total. The lowest BCUT2D eigenvalue weighted by Crippen LogP contribution is -1.94. The number of nitrogens with zero attached hydrogens (tertiary/aromatic N) is 1. The molecule has 3 aromatic heterocycles. The molecule has 0 spiro atoms. The van der Waals surface area contributed by atoms with Crippen LogP contribution in [-0.4, -0.2) is 9.97 Å². The van der Waals surface area contributed by atoms with Gasteiger partial charge in [-0.1, -0.05) is 24.3 Å². The van der Waals surface area contributed by atoms with Crippen LogP contribution in [0.25, 0.3) is 31.6 Å². The van der Waals surface area contributed by atoms with E-state index >= 15 is 0 Å². The van der Waals surface area contributed by atoms with Crippen molar-refractivity contribution in [1.82, 2.24) is 9.97 Å². The highest BCUT2D eigenvalue weighted by atomic mass is 32.1. The van der Waals surface area contributed by atoms with Crippen molar-refractivity contribution in [1.29, 1.82) is 0 Å². The zero-order valence-corrected chi connectivity index (χ0v) is 16.3. The van der Waals surface area contributed by atoms with E-state index < -0.39 is 0 Å². The lowest BCUT2D eigenvalue weighted by atomic mass is 10.1. The van der Waals surface area contributed by atoms with Crippen LogP contribution in [0, 0.1) is 6.92 Å². The van der Waals surface area contributed by atoms with Crippen molar-refractivity contribution in [2.75, 3.05) is 5.32 Å². The number of hydrogen-bond acceptors (Lipinski definition) is 4. The van der Waals surface area contributed by atoms with Gasteiger partial charge in [-0.15, -0.1) is 11.3 Å². The maximum Gasteiger partial charge on any atom is 0.0837 e. The zero-order chi connectivity index (χ0) is 19.1. The predicted octanol–water partition coefficient (Wildman–Crippen LogP) is 5.96. The van der Waals surface area contributed by atoms with Gasteiger partial charge in [-0.3, -0.25) is 4.98 Å². The van der Waals surface area contributed by atoms with Crippen molar-refractivity contribution in [3.05, 3.63) is 78.1 Å². The van der Waals surface area contributed by atoms with Crippen molar-refractivity contribution in [3.63, 3.8) is 0 Å². The van der Waals surface area contributed by atoms with Gasteiger partial charge in [0.1, 0.15) is 0 Å². The van der Waals surface area contributed by atoms with Crippen molar-refractivity contribution in [3.8, 4) is 10.4 Å². The molecule has 0 unspecified atom stereocenters. The highest BCUT2D eigenvalue weighted by molar-refractivity contribution is 7.22. The number of aromatic amines is 1. The minimum Gasteiger partial charge on any atom is -0.359 e. The molecule has 0 amide bonds. The van der Waals surface area contributed by atoms with E-state index in [9.17, 15) is 0 Å². The molecule has 0 saturated heterocycles. The molecule has 0 radical (unpaired) electrons. The van der Waals surface area contributed by atoms with Crippen LogP contribution in [0.4, 0.5) is 11.4 Å². The van der Waals surface area contributed by atoms with Crippen molar-refractivity contribution >= 4 is 43.8 Å². The van der Waals surface area contributed by atoms with Gasteiger partial charge in [0.25, 0.3) is 0 Å². The van der Waals surface area contributed by atoms with Gasteiger partial charge in [0.2, 0.25) is 0 Å². The Hall–Kier alpha value is -3.15. The number of anilines is 2. The first-order valence-corrected chi connectivity index (χ1v) is 10.1. The van der Waals surface area contributed by atoms with E-state index in [-0.39, 0.29) is 0 Å². The van der Waals surface area contributed by atoms with Crippen molar-refractivity contribution in [2.45, 2.75) is 13.5 Å². The number of aryl methyl sites for hydroxylation is 1. The van der Waals surface area contributed by atoms with E-state index in [1.165, 1.54) is 21.5 Å². The second kappa shape index (κ2) is 6.78. The highest BCUT2D eigenvalue weighted by Gasteiger charge is 2.10. The summed E-state index contributed by atoms with van der Waals surface area (Å²) in [6.07, 6.45) is 1.86. The van der Waals surface area contributed by atoms with Gasteiger partial charge >= 0.3 is 0 Å². The Morgan fingerprint density at radius 2 is 1.89 bits per heavy atom. The van der Waals surface area contributed by atoms with Crippen molar-refractivity contribution < 1.29 is 0 Å².